The van der Waals surface area contributed by atoms with Gasteiger partial charge in [-0.15, -0.1) is 5.10 Å². The topological polar surface area (TPSA) is 113 Å². The van der Waals surface area contributed by atoms with Crippen LogP contribution in [0.2, 0.25) is 0 Å². The summed E-state index contributed by atoms with van der Waals surface area (Å²) in [6, 6.07) is 7.47. The van der Waals surface area contributed by atoms with Gasteiger partial charge in [-0.2, -0.15) is 0 Å². The van der Waals surface area contributed by atoms with E-state index in [4.69, 9.17) is 9.47 Å². The van der Waals surface area contributed by atoms with Crippen molar-refractivity contribution >= 4 is 34.8 Å². The van der Waals surface area contributed by atoms with Gasteiger partial charge in [-0.1, -0.05) is 6.07 Å². The van der Waals surface area contributed by atoms with Gasteiger partial charge < -0.3 is 25.0 Å². The smallest absolute Gasteiger partial charge is 0.414 e. The lowest BCUT2D eigenvalue weighted by Gasteiger charge is -2.25. The molecule has 11 nitrogen and oxygen atoms in total. The summed E-state index contributed by atoms with van der Waals surface area (Å²) in [5, 5.41) is 11.0. The number of nitrogens with zero attached hydrogens (tertiary/aromatic N) is 5. The minimum atomic E-state index is -0.679. The zero-order chi connectivity index (χ0) is 26.2. The van der Waals surface area contributed by atoms with Crippen molar-refractivity contribution in [2.75, 3.05) is 38.0 Å². The number of aromatic nitrogens is 3. The quantitative estimate of drug-likeness (QED) is 0.556. The number of carbonyl (C=O) groups excluding carboxylic acids is 2. The van der Waals surface area contributed by atoms with E-state index in [1.165, 1.54) is 15.6 Å². The van der Waals surface area contributed by atoms with Crippen molar-refractivity contribution in [3.8, 4) is 5.75 Å². The summed E-state index contributed by atoms with van der Waals surface area (Å²) in [6.07, 6.45) is 0.901. The van der Waals surface area contributed by atoms with E-state index < -0.39 is 11.7 Å². The van der Waals surface area contributed by atoms with Gasteiger partial charge in [-0.25, -0.2) is 14.3 Å². The van der Waals surface area contributed by atoms with Crippen molar-refractivity contribution in [1.29, 1.82) is 0 Å². The van der Waals surface area contributed by atoms with Crippen LogP contribution < -0.4 is 20.3 Å². The zero-order valence-corrected chi connectivity index (χ0v) is 21.7. The zero-order valence-electron chi connectivity index (χ0n) is 21.7. The van der Waals surface area contributed by atoms with E-state index in [0.29, 0.717) is 41.7 Å². The van der Waals surface area contributed by atoms with Crippen LogP contribution in [0.4, 0.5) is 22.0 Å². The molecule has 0 unspecified atom stereocenters. The average molecular weight is 496 g/mol. The number of carbonyl (C=O) groups is 2. The molecule has 0 spiro atoms. The van der Waals surface area contributed by atoms with E-state index >= 15 is 0 Å². The van der Waals surface area contributed by atoms with Crippen molar-refractivity contribution in [3.63, 3.8) is 0 Å². The highest BCUT2D eigenvalue weighted by atomic mass is 16.6. The summed E-state index contributed by atoms with van der Waals surface area (Å²) >= 11 is 0. The highest BCUT2D eigenvalue weighted by Crippen LogP contribution is 2.31. The summed E-state index contributed by atoms with van der Waals surface area (Å²) in [4.78, 5) is 34.0. The maximum absolute atomic E-state index is 13.2. The summed E-state index contributed by atoms with van der Waals surface area (Å²) in [7, 11) is 5.20. The SMILES string of the molecule is COc1ccc2cc1Nc1cc(N(C)C(=O)OC(C)(C)C)c3ncc(n3n1)C(=O)N[C@H](C)CN(C)C2. The summed E-state index contributed by atoms with van der Waals surface area (Å²) in [6.45, 7) is 8.67. The molecule has 0 radical (unpaired) electrons. The van der Waals surface area contributed by atoms with Gasteiger partial charge in [-0.3, -0.25) is 9.69 Å². The first-order valence-corrected chi connectivity index (χ1v) is 11.7. The molecule has 0 saturated heterocycles. The second-order valence-corrected chi connectivity index (χ2v) is 10.1. The Bertz CT molecular complexity index is 1300. The highest BCUT2D eigenvalue weighted by Gasteiger charge is 2.26. The van der Waals surface area contributed by atoms with E-state index in [0.717, 1.165) is 5.56 Å². The summed E-state index contributed by atoms with van der Waals surface area (Å²) in [5.74, 6) is 0.718. The molecule has 3 heterocycles. The van der Waals surface area contributed by atoms with Crippen LogP contribution in [0.25, 0.3) is 5.65 Å². The molecule has 0 fully saturated rings. The molecule has 1 atom stereocenters. The van der Waals surface area contributed by atoms with Crippen molar-refractivity contribution in [3.05, 3.63) is 41.7 Å². The Morgan fingerprint density at radius 3 is 2.69 bits per heavy atom. The van der Waals surface area contributed by atoms with Gasteiger partial charge >= 0.3 is 6.09 Å². The molecule has 4 rings (SSSR count). The van der Waals surface area contributed by atoms with E-state index in [1.807, 2.05) is 32.2 Å². The van der Waals surface area contributed by atoms with Gasteiger partial charge in [0.15, 0.2) is 17.2 Å². The molecule has 2 amide bonds. The molecule has 2 aromatic heterocycles. The maximum atomic E-state index is 13.2. The van der Waals surface area contributed by atoms with Gasteiger partial charge in [0, 0.05) is 32.2 Å². The predicted molar refractivity (Wildman–Crippen MR) is 137 cm³/mol. The number of hydrogen-bond donors (Lipinski definition) is 2. The number of benzene rings is 1. The van der Waals surface area contributed by atoms with Crippen molar-refractivity contribution in [2.45, 2.75) is 45.9 Å². The fourth-order valence-electron chi connectivity index (χ4n) is 4.12. The van der Waals surface area contributed by atoms with Crippen LogP contribution in [-0.4, -0.2) is 70.9 Å². The lowest BCUT2D eigenvalue weighted by Crippen LogP contribution is -2.41. The second-order valence-electron chi connectivity index (χ2n) is 10.1. The first-order valence-electron chi connectivity index (χ1n) is 11.7. The van der Waals surface area contributed by atoms with Gasteiger partial charge in [0.2, 0.25) is 0 Å². The van der Waals surface area contributed by atoms with Crippen LogP contribution in [-0.2, 0) is 11.3 Å². The minimum Gasteiger partial charge on any atom is -0.495 e. The maximum Gasteiger partial charge on any atom is 0.414 e. The molecular weight excluding hydrogens is 462 g/mol. The molecule has 1 aromatic carbocycles. The molecule has 3 aromatic rings. The van der Waals surface area contributed by atoms with Crippen LogP contribution in [0.1, 0.15) is 43.7 Å². The van der Waals surface area contributed by atoms with Crippen LogP contribution >= 0.6 is 0 Å². The molecule has 192 valence electrons. The monoisotopic (exact) mass is 495 g/mol. The van der Waals surface area contributed by atoms with Crippen molar-refractivity contribution in [2.24, 2.45) is 0 Å². The highest BCUT2D eigenvalue weighted by molar-refractivity contribution is 5.96. The van der Waals surface area contributed by atoms with Crippen molar-refractivity contribution < 1.29 is 19.1 Å². The van der Waals surface area contributed by atoms with Gasteiger partial charge in [-0.05, 0) is 52.4 Å². The third-order valence-corrected chi connectivity index (χ3v) is 5.65. The largest absolute Gasteiger partial charge is 0.495 e. The standard InChI is InChI=1S/C25H33N7O4/c1-15-13-30(5)14-16-8-9-20(35-7)17(10-16)28-21-11-18(31(6)24(34)36-25(2,3)4)22-26-12-19(23(33)27-15)32(22)29-21/h8-12,15H,13-14H2,1-7H3,(H,27,33)(H,28,29)/t15-/m1/s1. The third-order valence-electron chi connectivity index (χ3n) is 5.65. The molecule has 1 aliphatic rings. The van der Waals surface area contributed by atoms with Gasteiger partial charge in [0.1, 0.15) is 11.4 Å². The second kappa shape index (κ2) is 9.65. The third kappa shape index (κ3) is 5.35. The van der Waals surface area contributed by atoms with E-state index in [2.05, 4.69) is 25.6 Å². The van der Waals surface area contributed by atoms with E-state index in [1.54, 1.807) is 41.0 Å². The summed E-state index contributed by atoms with van der Waals surface area (Å²) < 4.78 is 12.6. The Kier molecular flexibility index (Phi) is 6.77. The number of rotatable bonds is 2. The molecule has 0 aliphatic carbocycles. The van der Waals surface area contributed by atoms with Crippen LogP contribution in [0.3, 0.4) is 0 Å². The van der Waals surface area contributed by atoms with Crippen LogP contribution in [0, 0.1) is 0 Å². The Hall–Kier alpha value is -3.86. The molecular formula is C25H33N7O4. The Morgan fingerprint density at radius 1 is 1.25 bits per heavy atom. The van der Waals surface area contributed by atoms with E-state index in [-0.39, 0.29) is 17.6 Å². The Morgan fingerprint density at radius 2 is 2.00 bits per heavy atom. The number of likely N-dealkylation sites (N-methyl/N-ethyl adjacent to an activating group) is 1. The number of methoxy groups -OCH3 is 1. The Labute approximate surface area is 210 Å². The number of amides is 2. The number of fused-ring (bicyclic) bond motifs is 3. The number of ether oxygens (including phenoxy) is 2. The molecule has 36 heavy (non-hydrogen) atoms. The number of anilines is 3. The Balaban J connectivity index is 1.88. The fraction of sp³-hybridized carbons (Fsp3) is 0.440. The summed E-state index contributed by atoms with van der Waals surface area (Å²) in [5.41, 5.74) is 2.11. The molecule has 2 N–H and O–H groups in total. The molecule has 1 aliphatic heterocycles. The fourth-order valence-corrected chi connectivity index (χ4v) is 4.12. The average Bonchev–Trinajstić information content (AvgIpc) is 3.20. The number of hydrogen-bond acceptors (Lipinski definition) is 8. The first-order chi connectivity index (χ1) is 16.9. The molecule has 11 heteroatoms. The van der Waals surface area contributed by atoms with Crippen molar-refractivity contribution in [1.82, 2.24) is 24.8 Å². The van der Waals surface area contributed by atoms with Gasteiger partial charge in [0.05, 0.1) is 24.7 Å². The van der Waals surface area contributed by atoms with E-state index in [9.17, 15) is 9.59 Å². The molecule has 4 bridgehead atoms. The predicted octanol–water partition coefficient (Wildman–Crippen LogP) is 3.42. The lowest BCUT2D eigenvalue weighted by atomic mass is 10.1. The number of nitrogens with one attached hydrogen (secondary N) is 2. The molecule has 0 saturated carbocycles. The van der Waals surface area contributed by atoms with Crippen LogP contribution in [0.5, 0.6) is 5.75 Å². The van der Waals surface area contributed by atoms with Crippen LogP contribution in [0.15, 0.2) is 30.5 Å². The number of imidazole rings is 1. The normalized spacial score (nSPS) is 16.8. The van der Waals surface area contributed by atoms with Gasteiger partial charge in [0.25, 0.3) is 5.91 Å². The first kappa shape index (κ1) is 25.2. The minimum absolute atomic E-state index is 0.126. The lowest BCUT2D eigenvalue weighted by molar-refractivity contribution is 0.0589.